The smallest absolute Gasteiger partial charge is 0.0295 e. The zero-order valence-electron chi connectivity index (χ0n) is 12.2. The van der Waals surface area contributed by atoms with Crippen molar-refractivity contribution in [2.45, 2.75) is 77.6 Å². The van der Waals surface area contributed by atoms with Crippen LogP contribution in [0, 0.1) is 35.0 Å². The van der Waals surface area contributed by atoms with Gasteiger partial charge < -0.3 is 0 Å². The topological polar surface area (TPSA) is 0 Å². The van der Waals surface area contributed by atoms with E-state index in [2.05, 4.69) is 6.92 Å². The lowest BCUT2D eigenvalue weighted by molar-refractivity contribution is -0.0157. The lowest BCUT2D eigenvalue weighted by Gasteiger charge is -2.51. The van der Waals surface area contributed by atoms with Crippen molar-refractivity contribution in [3.63, 3.8) is 0 Å². The quantitative estimate of drug-likeness (QED) is 0.535. The minimum absolute atomic E-state index is 0.757. The molecule has 4 rings (SSSR count). The second-order valence-corrected chi connectivity index (χ2v) is 8.32. The van der Waals surface area contributed by atoms with Crippen molar-refractivity contribution in [1.29, 1.82) is 0 Å². The summed E-state index contributed by atoms with van der Waals surface area (Å²) in [5.74, 6) is 5.74. The van der Waals surface area contributed by atoms with Crippen molar-refractivity contribution in [2.75, 3.05) is 0 Å². The van der Waals surface area contributed by atoms with Gasteiger partial charge in [0.2, 0.25) is 0 Å². The van der Waals surface area contributed by atoms with Crippen LogP contribution in [-0.2, 0) is 0 Å². The van der Waals surface area contributed by atoms with E-state index in [0.29, 0.717) is 0 Å². The maximum atomic E-state index is 2.65. The third-order valence-electron chi connectivity index (χ3n) is 7.62. The molecule has 0 aromatic carbocycles. The van der Waals surface area contributed by atoms with E-state index in [0.717, 1.165) is 35.0 Å². The van der Waals surface area contributed by atoms with Gasteiger partial charge >= 0.3 is 0 Å². The summed E-state index contributed by atoms with van der Waals surface area (Å²) in [6.07, 6.45) is 17.3. The molecular formula is C18H30. The van der Waals surface area contributed by atoms with Crippen molar-refractivity contribution < 1.29 is 0 Å². The van der Waals surface area contributed by atoms with E-state index in [9.17, 15) is 0 Å². The van der Waals surface area contributed by atoms with Crippen molar-refractivity contribution >= 4 is 0 Å². The van der Waals surface area contributed by atoms with E-state index < -0.39 is 0 Å². The van der Waals surface area contributed by atoms with Crippen LogP contribution in [-0.4, -0.2) is 0 Å². The number of hydrogen-bond donors (Lipinski definition) is 0. The summed E-state index contributed by atoms with van der Waals surface area (Å²) in [5.41, 5.74) is 0.757. The van der Waals surface area contributed by atoms with Crippen molar-refractivity contribution in [1.82, 2.24) is 0 Å². The highest BCUT2D eigenvalue weighted by Crippen LogP contribution is 2.63. The molecule has 4 saturated carbocycles. The monoisotopic (exact) mass is 246 g/mol. The second kappa shape index (κ2) is 4.25. The van der Waals surface area contributed by atoms with Gasteiger partial charge in [-0.15, -0.1) is 0 Å². The van der Waals surface area contributed by atoms with Crippen LogP contribution in [0.1, 0.15) is 77.6 Å². The molecule has 0 aromatic heterocycles. The van der Waals surface area contributed by atoms with E-state index in [4.69, 9.17) is 0 Å². The highest BCUT2D eigenvalue weighted by atomic mass is 14.6. The molecule has 102 valence electrons. The lowest BCUT2D eigenvalue weighted by atomic mass is 9.54. The molecule has 0 bridgehead atoms. The molecule has 4 aliphatic carbocycles. The summed E-state index contributed by atoms with van der Waals surface area (Å²) < 4.78 is 0. The van der Waals surface area contributed by atoms with E-state index in [1.165, 1.54) is 6.42 Å². The predicted molar refractivity (Wildman–Crippen MR) is 76.3 cm³/mol. The fourth-order valence-electron chi connectivity index (χ4n) is 6.79. The zero-order chi connectivity index (χ0) is 12.2. The van der Waals surface area contributed by atoms with Gasteiger partial charge in [0, 0.05) is 0 Å². The van der Waals surface area contributed by atoms with Crippen LogP contribution >= 0.6 is 0 Å². The molecule has 0 heteroatoms. The third-order valence-corrected chi connectivity index (χ3v) is 7.62. The maximum Gasteiger partial charge on any atom is -0.0295 e. The van der Waals surface area contributed by atoms with Gasteiger partial charge in [-0.05, 0) is 73.5 Å². The van der Waals surface area contributed by atoms with Crippen LogP contribution in [0.3, 0.4) is 0 Å². The third kappa shape index (κ3) is 1.63. The molecule has 0 spiro atoms. The maximum absolute atomic E-state index is 2.65. The Morgan fingerprint density at radius 3 is 2.50 bits per heavy atom. The predicted octanol–water partition coefficient (Wildman–Crippen LogP) is 5.42. The van der Waals surface area contributed by atoms with Gasteiger partial charge in [0.25, 0.3) is 0 Å². The molecule has 0 N–H and O–H groups in total. The second-order valence-electron chi connectivity index (χ2n) is 8.32. The van der Waals surface area contributed by atoms with Crippen LogP contribution < -0.4 is 0 Å². The van der Waals surface area contributed by atoms with Crippen LogP contribution in [0.15, 0.2) is 0 Å². The molecule has 4 aliphatic rings. The Kier molecular flexibility index (Phi) is 2.79. The first-order valence-electron chi connectivity index (χ1n) is 8.78. The summed E-state index contributed by atoms with van der Waals surface area (Å²) in [6, 6.07) is 0. The molecule has 4 fully saturated rings. The number of hydrogen-bond acceptors (Lipinski definition) is 0. The Morgan fingerprint density at radius 2 is 1.56 bits per heavy atom. The fraction of sp³-hybridized carbons (Fsp3) is 1.00. The Hall–Kier alpha value is 0. The first-order valence-corrected chi connectivity index (χ1v) is 8.78. The van der Waals surface area contributed by atoms with Crippen LogP contribution in [0.5, 0.6) is 0 Å². The molecule has 0 nitrogen and oxygen atoms in total. The largest absolute Gasteiger partial charge is 0.0594 e. The highest BCUT2D eigenvalue weighted by molar-refractivity contribution is 5.03. The normalized spacial score (nSPS) is 55.5. The van der Waals surface area contributed by atoms with Gasteiger partial charge in [0.1, 0.15) is 0 Å². The summed E-state index contributed by atoms with van der Waals surface area (Å²) >= 11 is 0. The van der Waals surface area contributed by atoms with E-state index in [1.54, 1.807) is 64.2 Å². The standard InChI is InChI=1S/C18H30/c1-18-10-5-4-8-17(18)16-12-13-6-2-3-7-14(13)15(16)9-11-18/h13-17H,2-12H2,1H3. The highest BCUT2D eigenvalue weighted by Gasteiger charge is 2.54. The summed E-state index contributed by atoms with van der Waals surface area (Å²) in [6.45, 7) is 2.65. The summed E-state index contributed by atoms with van der Waals surface area (Å²) in [7, 11) is 0. The van der Waals surface area contributed by atoms with Crippen LogP contribution in [0.25, 0.3) is 0 Å². The molecule has 0 aliphatic heterocycles. The first-order chi connectivity index (χ1) is 8.78. The number of rotatable bonds is 0. The van der Waals surface area contributed by atoms with Gasteiger partial charge in [-0.3, -0.25) is 0 Å². The molecule has 0 amide bonds. The molecule has 0 radical (unpaired) electrons. The van der Waals surface area contributed by atoms with Crippen molar-refractivity contribution in [3.8, 4) is 0 Å². The molecular weight excluding hydrogens is 216 g/mol. The average Bonchev–Trinajstić information content (AvgIpc) is 2.76. The first kappa shape index (κ1) is 11.8. The number of fused-ring (bicyclic) bond motifs is 5. The molecule has 0 saturated heterocycles. The van der Waals surface area contributed by atoms with Gasteiger partial charge in [-0.2, -0.15) is 0 Å². The molecule has 6 atom stereocenters. The summed E-state index contributed by atoms with van der Waals surface area (Å²) in [4.78, 5) is 0. The van der Waals surface area contributed by atoms with Crippen LogP contribution in [0.2, 0.25) is 0 Å². The van der Waals surface area contributed by atoms with Crippen molar-refractivity contribution in [3.05, 3.63) is 0 Å². The Morgan fingerprint density at radius 1 is 0.722 bits per heavy atom. The van der Waals surface area contributed by atoms with E-state index in [-0.39, 0.29) is 0 Å². The van der Waals surface area contributed by atoms with Gasteiger partial charge in [0.15, 0.2) is 0 Å². The Balaban J connectivity index is 1.60. The summed E-state index contributed by atoms with van der Waals surface area (Å²) in [5, 5.41) is 0. The molecule has 0 aromatic rings. The zero-order valence-corrected chi connectivity index (χ0v) is 12.2. The molecule has 18 heavy (non-hydrogen) atoms. The SMILES string of the molecule is CC12CCCCC1C1CC3CCCCC3C1CC2. The van der Waals surface area contributed by atoms with Gasteiger partial charge in [0.05, 0.1) is 0 Å². The fourth-order valence-corrected chi connectivity index (χ4v) is 6.79. The Bertz CT molecular complexity index is 320. The van der Waals surface area contributed by atoms with Crippen LogP contribution in [0.4, 0.5) is 0 Å². The average molecular weight is 246 g/mol. The molecule has 0 heterocycles. The van der Waals surface area contributed by atoms with E-state index in [1.807, 2.05) is 0 Å². The minimum Gasteiger partial charge on any atom is -0.0594 e. The van der Waals surface area contributed by atoms with Crippen molar-refractivity contribution in [2.24, 2.45) is 35.0 Å². The van der Waals surface area contributed by atoms with Gasteiger partial charge in [-0.25, -0.2) is 0 Å². The van der Waals surface area contributed by atoms with Gasteiger partial charge in [-0.1, -0.05) is 39.0 Å². The molecule has 6 unspecified atom stereocenters. The minimum atomic E-state index is 0.757. The Labute approximate surface area is 113 Å². The van der Waals surface area contributed by atoms with E-state index >= 15 is 0 Å². The lowest BCUT2D eigenvalue weighted by Crippen LogP contribution is -2.42.